The largest absolute Gasteiger partial charge is 0.377 e. The normalized spacial score (nSPS) is 17.8. The van der Waals surface area contributed by atoms with Crippen LogP contribution in [0.5, 0.6) is 0 Å². The van der Waals surface area contributed by atoms with Gasteiger partial charge in [-0.2, -0.15) is 0 Å². The van der Waals surface area contributed by atoms with Gasteiger partial charge in [0.25, 0.3) is 0 Å². The lowest BCUT2D eigenvalue weighted by atomic mass is 9.96. The van der Waals surface area contributed by atoms with Crippen molar-refractivity contribution in [3.05, 3.63) is 42.1 Å². The molecule has 0 bridgehead atoms. The molecule has 0 radical (unpaired) electrons. The topological polar surface area (TPSA) is 60.2 Å². The average Bonchev–Trinajstić information content (AvgIpc) is 3.35. The van der Waals surface area contributed by atoms with Gasteiger partial charge in [0.1, 0.15) is 0 Å². The van der Waals surface area contributed by atoms with E-state index >= 15 is 0 Å². The molecule has 3 N–H and O–H groups in total. The Morgan fingerprint density at radius 1 is 1.33 bits per heavy atom. The number of benzene rings is 1. The third-order valence-electron chi connectivity index (χ3n) is 4.24. The Labute approximate surface area is 125 Å². The molecule has 1 aromatic heterocycles. The molecule has 2 aromatic rings. The Hall–Kier alpha value is -1.49. The first-order chi connectivity index (χ1) is 10.3. The predicted octanol–water partition coefficient (Wildman–Crippen LogP) is 2.42. The number of nitrogens with zero attached hydrogens (tertiary/aromatic N) is 1. The van der Waals surface area contributed by atoms with E-state index in [1.165, 1.54) is 23.8 Å². The summed E-state index contributed by atoms with van der Waals surface area (Å²) in [4.78, 5) is 4.42. The number of hydrogen-bond donors (Lipinski definition) is 2. The zero-order valence-electron chi connectivity index (χ0n) is 12.5. The van der Waals surface area contributed by atoms with Crippen molar-refractivity contribution in [2.24, 2.45) is 11.8 Å². The summed E-state index contributed by atoms with van der Waals surface area (Å²) in [6.45, 7) is 2.78. The van der Waals surface area contributed by atoms with Crippen molar-refractivity contribution in [2.75, 3.05) is 6.61 Å². The molecule has 1 saturated carbocycles. The Morgan fingerprint density at radius 3 is 2.86 bits per heavy atom. The fourth-order valence-corrected chi connectivity index (χ4v) is 3.04. The minimum atomic E-state index is 0.142. The number of para-hydroxylation sites is 1. The highest BCUT2D eigenvalue weighted by molar-refractivity contribution is 5.81. The van der Waals surface area contributed by atoms with Crippen LogP contribution in [0.4, 0.5) is 0 Å². The number of aromatic nitrogens is 1. The first kappa shape index (κ1) is 14.4. The number of hydrazine groups is 1. The van der Waals surface area contributed by atoms with E-state index in [1.54, 1.807) is 0 Å². The molecule has 1 aliphatic carbocycles. The highest BCUT2D eigenvalue weighted by Gasteiger charge is 2.37. The highest BCUT2D eigenvalue weighted by atomic mass is 16.5. The number of ether oxygens (including phenoxy) is 1. The van der Waals surface area contributed by atoms with Gasteiger partial charge in [0.2, 0.25) is 0 Å². The molecule has 0 amide bonds. The molecule has 2 unspecified atom stereocenters. The van der Waals surface area contributed by atoms with Crippen molar-refractivity contribution < 1.29 is 4.74 Å². The second kappa shape index (κ2) is 6.52. The molecule has 1 heterocycles. The van der Waals surface area contributed by atoms with Gasteiger partial charge in [0, 0.05) is 18.2 Å². The van der Waals surface area contributed by atoms with Gasteiger partial charge in [-0.1, -0.05) is 18.2 Å². The minimum absolute atomic E-state index is 0.142. The SMILES string of the molecule is CCOC(C1CC1)C(Cc1ccnc2ccccc12)NN. The summed E-state index contributed by atoms with van der Waals surface area (Å²) in [7, 11) is 0. The Bertz CT molecular complexity index is 592. The molecule has 1 aliphatic rings. The number of nitrogens with two attached hydrogens (primary N) is 1. The average molecular weight is 285 g/mol. The summed E-state index contributed by atoms with van der Waals surface area (Å²) in [5.74, 6) is 6.47. The lowest BCUT2D eigenvalue weighted by molar-refractivity contribution is 0.0193. The number of nitrogens with one attached hydrogen (secondary N) is 1. The lowest BCUT2D eigenvalue weighted by Gasteiger charge is -2.27. The van der Waals surface area contributed by atoms with Crippen molar-refractivity contribution in [1.82, 2.24) is 10.4 Å². The van der Waals surface area contributed by atoms with E-state index in [-0.39, 0.29) is 12.1 Å². The van der Waals surface area contributed by atoms with E-state index in [2.05, 4.69) is 28.6 Å². The molecule has 112 valence electrons. The fraction of sp³-hybridized carbons (Fsp3) is 0.471. The van der Waals surface area contributed by atoms with Gasteiger partial charge in [0.05, 0.1) is 17.7 Å². The standard InChI is InChI=1S/C17H23N3O/c1-2-21-17(12-7-8-12)16(20-18)11-13-9-10-19-15-6-4-3-5-14(13)15/h3-6,9-10,12,16-17,20H,2,7-8,11,18H2,1H3. The van der Waals surface area contributed by atoms with Crippen LogP contribution in [0.3, 0.4) is 0 Å². The Morgan fingerprint density at radius 2 is 2.14 bits per heavy atom. The zero-order valence-corrected chi connectivity index (χ0v) is 12.5. The minimum Gasteiger partial charge on any atom is -0.377 e. The maximum Gasteiger partial charge on any atom is 0.0772 e. The van der Waals surface area contributed by atoms with E-state index in [0.29, 0.717) is 5.92 Å². The Kier molecular flexibility index (Phi) is 4.48. The molecule has 1 aromatic carbocycles. The fourth-order valence-electron chi connectivity index (χ4n) is 3.04. The molecule has 21 heavy (non-hydrogen) atoms. The predicted molar refractivity (Wildman–Crippen MR) is 84.7 cm³/mol. The van der Waals surface area contributed by atoms with Crippen LogP contribution in [0.15, 0.2) is 36.5 Å². The van der Waals surface area contributed by atoms with Crippen molar-refractivity contribution in [2.45, 2.75) is 38.3 Å². The molecular weight excluding hydrogens is 262 g/mol. The monoisotopic (exact) mass is 285 g/mol. The zero-order chi connectivity index (χ0) is 14.7. The molecule has 3 rings (SSSR count). The maximum atomic E-state index is 5.95. The van der Waals surface area contributed by atoms with Gasteiger partial charge >= 0.3 is 0 Å². The number of rotatable bonds is 7. The van der Waals surface area contributed by atoms with Crippen molar-refractivity contribution in [1.29, 1.82) is 0 Å². The van der Waals surface area contributed by atoms with E-state index < -0.39 is 0 Å². The van der Waals surface area contributed by atoms with Crippen molar-refractivity contribution in [3.8, 4) is 0 Å². The van der Waals surface area contributed by atoms with Gasteiger partial charge in [-0.3, -0.25) is 16.3 Å². The van der Waals surface area contributed by atoms with Crippen LogP contribution in [0.1, 0.15) is 25.3 Å². The molecule has 0 spiro atoms. The third-order valence-corrected chi connectivity index (χ3v) is 4.24. The van der Waals surface area contributed by atoms with Crippen LogP contribution in [-0.4, -0.2) is 23.7 Å². The lowest BCUT2D eigenvalue weighted by Crippen LogP contribution is -2.47. The van der Waals surface area contributed by atoms with Crippen LogP contribution < -0.4 is 11.3 Å². The van der Waals surface area contributed by atoms with E-state index in [4.69, 9.17) is 10.6 Å². The van der Waals surface area contributed by atoms with Gasteiger partial charge < -0.3 is 4.74 Å². The molecule has 1 fully saturated rings. The van der Waals surface area contributed by atoms with Crippen LogP contribution >= 0.6 is 0 Å². The second-order valence-corrected chi connectivity index (χ2v) is 5.72. The summed E-state index contributed by atoms with van der Waals surface area (Å²) >= 11 is 0. The molecule has 4 nitrogen and oxygen atoms in total. The van der Waals surface area contributed by atoms with Gasteiger partial charge in [-0.15, -0.1) is 0 Å². The summed E-state index contributed by atoms with van der Waals surface area (Å²) in [6.07, 6.45) is 5.44. The molecule has 2 atom stereocenters. The number of fused-ring (bicyclic) bond motifs is 1. The molecule has 0 aliphatic heterocycles. The number of hydrogen-bond acceptors (Lipinski definition) is 4. The van der Waals surface area contributed by atoms with Gasteiger partial charge in [-0.25, -0.2) is 0 Å². The molecule has 4 heteroatoms. The molecular formula is C17H23N3O. The second-order valence-electron chi connectivity index (χ2n) is 5.72. The summed E-state index contributed by atoms with van der Waals surface area (Å²) in [5.41, 5.74) is 5.28. The van der Waals surface area contributed by atoms with Crippen molar-refractivity contribution >= 4 is 10.9 Å². The summed E-state index contributed by atoms with van der Waals surface area (Å²) in [5, 5.41) is 1.20. The van der Waals surface area contributed by atoms with Gasteiger partial charge in [-0.05, 0) is 49.8 Å². The summed E-state index contributed by atoms with van der Waals surface area (Å²) < 4.78 is 5.95. The Balaban J connectivity index is 1.84. The third kappa shape index (κ3) is 3.23. The van der Waals surface area contributed by atoms with E-state index in [1.807, 2.05) is 25.3 Å². The smallest absolute Gasteiger partial charge is 0.0772 e. The highest BCUT2D eigenvalue weighted by Crippen LogP contribution is 2.36. The number of pyridine rings is 1. The first-order valence-corrected chi connectivity index (χ1v) is 7.73. The first-order valence-electron chi connectivity index (χ1n) is 7.73. The quantitative estimate of drug-likeness (QED) is 0.606. The van der Waals surface area contributed by atoms with Crippen LogP contribution in [0.25, 0.3) is 10.9 Å². The summed E-state index contributed by atoms with van der Waals surface area (Å²) in [6, 6.07) is 10.5. The van der Waals surface area contributed by atoms with Crippen molar-refractivity contribution in [3.63, 3.8) is 0 Å². The van der Waals surface area contributed by atoms with E-state index in [9.17, 15) is 0 Å². The molecule has 0 saturated heterocycles. The van der Waals surface area contributed by atoms with Crippen LogP contribution in [0.2, 0.25) is 0 Å². The van der Waals surface area contributed by atoms with Gasteiger partial charge in [0.15, 0.2) is 0 Å². The maximum absolute atomic E-state index is 5.95. The van der Waals surface area contributed by atoms with E-state index in [0.717, 1.165) is 18.5 Å². The van der Waals surface area contributed by atoms with Crippen LogP contribution in [0, 0.1) is 5.92 Å². The van der Waals surface area contributed by atoms with Crippen LogP contribution in [-0.2, 0) is 11.2 Å².